The summed E-state index contributed by atoms with van der Waals surface area (Å²) in [6.07, 6.45) is 2.65. The van der Waals surface area contributed by atoms with Gasteiger partial charge in [0.05, 0.1) is 32.0 Å². The van der Waals surface area contributed by atoms with Crippen molar-refractivity contribution in [2.45, 2.75) is 25.2 Å². The van der Waals surface area contributed by atoms with Crippen molar-refractivity contribution in [3.05, 3.63) is 40.4 Å². The highest BCUT2D eigenvalue weighted by Crippen LogP contribution is 2.48. The summed E-state index contributed by atoms with van der Waals surface area (Å²) in [6, 6.07) is 7.80. The average Bonchev–Trinajstić information content (AvgIpc) is 3.32. The van der Waals surface area contributed by atoms with E-state index in [-0.39, 0.29) is 18.3 Å². The maximum Gasteiger partial charge on any atom is 0.290 e. The van der Waals surface area contributed by atoms with Crippen LogP contribution in [0.1, 0.15) is 36.3 Å². The summed E-state index contributed by atoms with van der Waals surface area (Å²) in [5.41, 5.74) is 3.69. The van der Waals surface area contributed by atoms with Crippen LogP contribution in [0.3, 0.4) is 0 Å². The highest BCUT2D eigenvalue weighted by Gasteiger charge is 2.32. The summed E-state index contributed by atoms with van der Waals surface area (Å²) in [6.45, 7) is 1.76. The Morgan fingerprint density at radius 1 is 1.06 bits per heavy atom. The average molecular weight is 463 g/mol. The largest absolute Gasteiger partial charge is 0.495 e. The molecule has 2 aromatic carbocycles. The van der Waals surface area contributed by atoms with Crippen LogP contribution in [0.5, 0.6) is 17.2 Å². The number of rotatable bonds is 5. The fraction of sp³-hybridized carbons (Fsp3) is 0.391. The first kappa shape index (κ1) is 23.5. The van der Waals surface area contributed by atoms with Crippen LogP contribution in [0.25, 0.3) is 0 Å². The first-order valence-electron chi connectivity index (χ1n) is 10.2. The van der Waals surface area contributed by atoms with E-state index in [1.807, 2.05) is 18.2 Å². The predicted octanol–water partition coefficient (Wildman–Crippen LogP) is 4.14. The maximum absolute atomic E-state index is 12.5. The zero-order valence-electron chi connectivity index (χ0n) is 18.3. The molecule has 0 radical (unpaired) electrons. The minimum Gasteiger partial charge on any atom is -0.495 e. The molecule has 8 nitrogen and oxygen atoms in total. The van der Waals surface area contributed by atoms with Crippen molar-refractivity contribution in [3.8, 4) is 17.2 Å². The summed E-state index contributed by atoms with van der Waals surface area (Å²) < 4.78 is 16.5. The van der Waals surface area contributed by atoms with Crippen molar-refractivity contribution in [1.82, 2.24) is 0 Å². The lowest BCUT2D eigenvalue weighted by atomic mass is 9.84. The zero-order chi connectivity index (χ0) is 23.3. The van der Waals surface area contributed by atoms with Crippen LogP contribution in [-0.2, 0) is 9.59 Å². The maximum atomic E-state index is 12.5. The quantitative estimate of drug-likeness (QED) is 0.644. The smallest absolute Gasteiger partial charge is 0.290 e. The van der Waals surface area contributed by atoms with Gasteiger partial charge < -0.3 is 29.5 Å². The van der Waals surface area contributed by atoms with Gasteiger partial charge in [-0.1, -0.05) is 17.7 Å². The van der Waals surface area contributed by atoms with Crippen molar-refractivity contribution < 1.29 is 28.9 Å². The highest BCUT2D eigenvalue weighted by atomic mass is 35.5. The van der Waals surface area contributed by atoms with E-state index in [1.165, 1.54) is 12.8 Å². The van der Waals surface area contributed by atoms with Gasteiger partial charge in [-0.15, -0.1) is 0 Å². The molecule has 2 aromatic rings. The number of carbonyl (C=O) groups excluding carboxylic acids is 1. The van der Waals surface area contributed by atoms with E-state index < -0.39 is 0 Å². The SMILES string of the molecule is COc1cc2c(cc1N1CCCC1)C(c1ccc(OC)c(OC)c1Cl)CC(=O)N2.O=CO. The van der Waals surface area contributed by atoms with Crippen LogP contribution < -0.4 is 24.4 Å². The topological polar surface area (TPSA) is 97.3 Å². The molecule has 0 spiro atoms. The molecule has 1 saturated heterocycles. The van der Waals surface area contributed by atoms with Crippen molar-refractivity contribution in [3.63, 3.8) is 0 Å². The summed E-state index contributed by atoms with van der Waals surface area (Å²) in [5, 5.41) is 10.3. The van der Waals surface area contributed by atoms with Crippen LogP contribution in [0, 0.1) is 0 Å². The molecule has 1 amide bonds. The molecule has 172 valence electrons. The minimum atomic E-state index is -0.250. The summed E-state index contributed by atoms with van der Waals surface area (Å²) in [5.74, 6) is 1.58. The van der Waals surface area contributed by atoms with Crippen molar-refractivity contribution in [2.24, 2.45) is 0 Å². The number of methoxy groups -OCH3 is 3. The third-order valence-electron chi connectivity index (χ3n) is 5.73. The number of amides is 1. The highest BCUT2D eigenvalue weighted by molar-refractivity contribution is 6.33. The fourth-order valence-electron chi connectivity index (χ4n) is 4.30. The lowest BCUT2D eigenvalue weighted by molar-refractivity contribution is -0.123. The van der Waals surface area contributed by atoms with Crippen molar-refractivity contribution in [2.75, 3.05) is 44.6 Å². The molecule has 2 heterocycles. The molecule has 4 rings (SSSR count). The molecule has 0 aromatic heterocycles. The Labute approximate surface area is 192 Å². The first-order chi connectivity index (χ1) is 15.5. The molecule has 2 N–H and O–H groups in total. The third-order valence-corrected chi connectivity index (χ3v) is 6.12. The number of carboxylic acid groups (broad SMARTS) is 1. The third kappa shape index (κ3) is 4.55. The second-order valence-electron chi connectivity index (χ2n) is 7.42. The zero-order valence-corrected chi connectivity index (χ0v) is 19.1. The number of benzene rings is 2. The Balaban J connectivity index is 0.000000913. The van der Waals surface area contributed by atoms with E-state index in [4.69, 9.17) is 35.7 Å². The number of hydrogen-bond donors (Lipinski definition) is 2. The Bertz CT molecular complexity index is 991. The number of nitrogens with one attached hydrogen (secondary N) is 1. The first-order valence-corrected chi connectivity index (χ1v) is 10.6. The van der Waals surface area contributed by atoms with Crippen LogP contribution in [0.4, 0.5) is 11.4 Å². The van der Waals surface area contributed by atoms with E-state index >= 15 is 0 Å². The number of anilines is 2. The summed E-state index contributed by atoms with van der Waals surface area (Å²) in [4.78, 5) is 23.2. The number of halogens is 1. The standard InChI is InChI=1S/C22H25ClN2O4.CH2O2/c1-27-18-7-6-13(21(23)22(18)29-3)14-11-20(26)24-16-12-19(28-2)17(10-15(14)16)25-8-4-5-9-25;2-1-3/h6-7,10,12,14H,4-5,8-9,11H2,1-3H3,(H,24,26);1H,(H,2,3). The number of fused-ring (bicyclic) bond motifs is 1. The van der Waals surface area contributed by atoms with Crippen molar-refractivity contribution in [1.29, 1.82) is 0 Å². The lowest BCUT2D eigenvalue weighted by Crippen LogP contribution is -2.25. The molecule has 0 aliphatic carbocycles. The number of hydrogen-bond acceptors (Lipinski definition) is 6. The van der Waals surface area contributed by atoms with Crippen LogP contribution in [0.2, 0.25) is 5.02 Å². The normalized spacial score (nSPS) is 16.9. The lowest BCUT2D eigenvalue weighted by Gasteiger charge is -2.30. The molecule has 0 bridgehead atoms. The number of ether oxygens (including phenoxy) is 3. The molecular formula is C23H27ClN2O6. The van der Waals surface area contributed by atoms with E-state index in [9.17, 15) is 4.79 Å². The van der Waals surface area contributed by atoms with E-state index in [0.717, 1.165) is 41.3 Å². The molecular weight excluding hydrogens is 436 g/mol. The van der Waals surface area contributed by atoms with E-state index in [1.54, 1.807) is 21.3 Å². The summed E-state index contributed by atoms with van der Waals surface area (Å²) >= 11 is 6.69. The van der Waals surface area contributed by atoms with Crippen molar-refractivity contribution >= 4 is 35.4 Å². The van der Waals surface area contributed by atoms with Gasteiger partial charge in [-0.05, 0) is 36.1 Å². The molecule has 2 aliphatic rings. The van der Waals surface area contributed by atoms with Gasteiger partial charge in [0.25, 0.3) is 6.47 Å². The Morgan fingerprint density at radius 2 is 1.72 bits per heavy atom. The Hall–Kier alpha value is -3.13. The van der Waals surface area contributed by atoms with Gasteiger partial charge in [-0.3, -0.25) is 9.59 Å². The van der Waals surface area contributed by atoms with Gasteiger partial charge in [0.2, 0.25) is 5.91 Å². The van der Waals surface area contributed by atoms with E-state index in [0.29, 0.717) is 22.9 Å². The fourth-order valence-corrected chi connectivity index (χ4v) is 4.66. The van der Waals surface area contributed by atoms with Crippen LogP contribution in [0.15, 0.2) is 24.3 Å². The molecule has 0 saturated carbocycles. The van der Waals surface area contributed by atoms with Gasteiger partial charge in [0.15, 0.2) is 11.5 Å². The van der Waals surface area contributed by atoms with Gasteiger partial charge >= 0.3 is 0 Å². The molecule has 32 heavy (non-hydrogen) atoms. The van der Waals surface area contributed by atoms with Crippen LogP contribution in [-0.4, -0.2) is 51.9 Å². The molecule has 1 atom stereocenters. The number of carbonyl (C=O) groups is 2. The molecule has 2 aliphatic heterocycles. The van der Waals surface area contributed by atoms with Gasteiger partial charge in [0, 0.05) is 37.2 Å². The molecule has 1 unspecified atom stereocenters. The van der Waals surface area contributed by atoms with E-state index in [2.05, 4.69) is 16.3 Å². The van der Waals surface area contributed by atoms with Gasteiger partial charge in [-0.2, -0.15) is 0 Å². The number of nitrogens with zero attached hydrogens (tertiary/aromatic N) is 1. The Kier molecular flexibility index (Phi) is 7.69. The predicted molar refractivity (Wildman–Crippen MR) is 123 cm³/mol. The van der Waals surface area contributed by atoms with Gasteiger partial charge in [0.1, 0.15) is 5.75 Å². The van der Waals surface area contributed by atoms with Crippen LogP contribution >= 0.6 is 11.6 Å². The second kappa shape index (κ2) is 10.5. The Morgan fingerprint density at radius 3 is 2.31 bits per heavy atom. The summed E-state index contributed by atoms with van der Waals surface area (Å²) in [7, 11) is 4.80. The van der Waals surface area contributed by atoms with Gasteiger partial charge in [-0.25, -0.2) is 0 Å². The minimum absolute atomic E-state index is 0.0515. The molecule has 9 heteroatoms. The monoisotopic (exact) mass is 462 g/mol. The molecule has 1 fully saturated rings. The second-order valence-corrected chi connectivity index (χ2v) is 7.80.